The standard InChI is InChI=1S/C11H12BrNO3/c1-6(7(2)14)11(15)10-8(16-3)4-5-9(12)13-10/h4-6H,1-3H3. The second kappa shape index (κ2) is 5.21. The van der Waals surface area contributed by atoms with Crippen molar-refractivity contribution in [1.82, 2.24) is 4.98 Å². The first-order valence-corrected chi connectivity index (χ1v) is 5.52. The molecule has 0 aliphatic heterocycles. The fraction of sp³-hybridized carbons (Fsp3) is 0.364. The summed E-state index contributed by atoms with van der Waals surface area (Å²) in [5, 5.41) is 0. The van der Waals surface area contributed by atoms with Gasteiger partial charge in [0.05, 0.1) is 13.0 Å². The highest BCUT2D eigenvalue weighted by atomic mass is 79.9. The van der Waals surface area contributed by atoms with Gasteiger partial charge in [0.1, 0.15) is 21.8 Å². The Morgan fingerprint density at radius 1 is 1.44 bits per heavy atom. The molecule has 0 saturated carbocycles. The van der Waals surface area contributed by atoms with Crippen LogP contribution in [0.25, 0.3) is 0 Å². The van der Waals surface area contributed by atoms with Crippen molar-refractivity contribution in [3.63, 3.8) is 0 Å². The molecule has 0 bridgehead atoms. The topological polar surface area (TPSA) is 56.3 Å². The Hall–Kier alpha value is -1.23. The number of hydrogen-bond donors (Lipinski definition) is 0. The molecule has 0 spiro atoms. The lowest BCUT2D eigenvalue weighted by Gasteiger charge is -2.10. The Bertz CT molecular complexity index is 431. The molecule has 0 amide bonds. The van der Waals surface area contributed by atoms with Crippen LogP contribution in [-0.4, -0.2) is 23.7 Å². The summed E-state index contributed by atoms with van der Waals surface area (Å²) in [5.41, 5.74) is 0.180. The Labute approximate surface area is 102 Å². The molecule has 1 rings (SSSR count). The van der Waals surface area contributed by atoms with Gasteiger partial charge in [0, 0.05) is 0 Å². The van der Waals surface area contributed by atoms with Crippen molar-refractivity contribution in [2.75, 3.05) is 7.11 Å². The predicted molar refractivity (Wildman–Crippen MR) is 62.7 cm³/mol. The Kier molecular flexibility index (Phi) is 4.18. The third-order valence-electron chi connectivity index (χ3n) is 2.28. The zero-order chi connectivity index (χ0) is 12.3. The maximum absolute atomic E-state index is 11.9. The van der Waals surface area contributed by atoms with Gasteiger partial charge in [-0.1, -0.05) is 0 Å². The van der Waals surface area contributed by atoms with Crippen LogP contribution in [0.1, 0.15) is 24.3 Å². The molecule has 5 heteroatoms. The van der Waals surface area contributed by atoms with Gasteiger partial charge >= 0.3 is 0 Å². The molecular formula is C11H12BrNO3. The van der Waals surface area contributed by atoms with E-state index in [9.17, 15) is 9.59 Å². The maximum Gasteiger partial charge on any atom is 0.195 e. The molecule has 0 aliphatic rings. The Morgan fingerprint density at radius 3 is 2.56 bits per heavy atom. The molecule has 0 radical (unpaired) electrons. The molecule has 1 aromatic heterocycles. The summed E-state index contributed by atoms with van der Waals surface area (Å²) in [7, 11) is 1.46. The maximum atomic E-state index is 11.9. The molecule has 16 heavy (non-hydrogen) atoms. The molecule has 0 saturated heterocycles. The Morgan fingerprint density at radius 2 is 2.06 bits per heavy atom. The highest BCUT2D eigenvalue weighted by Crippen LogP contribution is 2.22. The van der Waals surface area contributed by atoms with Crippen molar-refractivity contribution < 1.29 is 14.3 Å². The van der Waals surface area contributed by atoms with Crippen LogP contribution in [0.5, 0.6) is 5.75 Å². The van der Waals surface area contributed by atoms with E-state index in [0.29, 0.717) is 10.4 Å². The lowest BCUT2D eigenvalue weighted by atomic mass is 9.99. The van der Waals surface area contributed by atoms with Gasteiger partial charge in [-0.25, -0.2) is 4.98 Å². The summed E-state index contributed by atoms with van der Waals surface area (Å²) in [4.78, 5) is 27.1. The van der Waals surface area contributed by atoms with E-state index >= 15 is 0 Å². The number of pyridine rings is 1. The van der Waals surface area contributed by atoms with Gasteiger partial charge in [-0.2, -0.15) is 0 Å². The first-order chi connectivity index (χ1) is 7.47. The predicted octanol–water partition coefficient (Wildman–Crippen LogP) is 2.26. The van der Waals surface area contributed by atoms with E-state index in [4.69, 9.17) is 4.74 Å². The first-order valence-electron chi connectivity index (χ1n) is 4.72. The molecule has 1 aromatic rings. The highest BCUT2D eigenvalue weighted by Gasteiger charge is 2.24. The monoisotopic (exact) mass is 285 g/mol. The number of Topliss-reactive ketones (excluding diaryl/α,β-unsaturated/α-hetero) is 2. The molecule has 86 valence electrons. The molecule has 0 fully saturated rings. The van der Waals surface area contributed by atoms with Crippen LogP contribution in [0.3, 0.4) is 0 Å². The number of nitrogens with zero attached hydrogens (tertiary/aromatic N) is 1. The molecule has 0 N–H and O–H groups in total. The summed E-state index contributed by atoms with van der Waals surface area (Å²) in [5.74, 6) is -0.837. The van der Waals surface area contributed by atoms with E-state index in [1.807, 2.05) is 0 Å². The van der Waals surface area contributed by atoms with E-state index < -0.39 is 5.92 Å². The average molecular weight is 286 g/mol. The van der Waals surface area contributed by atoms with Gasteiger partial charge in [-0.3, -0.25) is 9.59 Å². The lowest BCUT2D eigenvalue weighted by Crippen LogP contribution is -2.20. The minimum Gasteiger partial charge on any atom is -0.494 e. The number of ketones is 2. The summed E-state index contributed by atoms with van der Waals surface area (Å²) in [6, 6.07) is 3.31. The first kappa shape index (κ1) is 12.8. The summed E-state index contributed by atoms with van der Waals surface area (Å²) in [6.07, 6.45) is 0. The number of carbonyl (C=O) groups excluding carboxylic acids is 2. The van der Waals surface area contributed by atoms with Gasteiger partial charge in [0.25, 0.3) is 0 Å². The molecule has 0 aliphatic carbocycles. The number of carbonyl (C=O) groups is 2. The number of hydrogen-bond acceptors (Lipinski definition) is 4. The zero-order valence-corrected chi connectivity index (χ0v) is 10.9. The molecule has 4 nitrogen and oxygen atoms in total. The second-order valence-electron chi connectivity index (χ2n) is 3.38. The largest absolute Gasteiger partial charge is 0.494 e. The molecule has 1 heterocycles. The van der Waals surface area contributed by atoms with Crippen molar-refractivity contribution in [3.05, 3.63) is 22.4 Å². The van der Waals surface area contributed by atoms with Gasteiger partial charge in [-0.15, -0.1) is 0 Å². The number of methoxy groups -OCH3 is 1. The quantitative estimate of drug-likeness (QED) is 0.484. The van der Waals surface area contributed by atoms with Gasteiger partial charge < -0.3 is 4.74 Å². The van der Waals surface area contributed by atoms with Crippen LogP contribution in [0.15, 0.2) is 16.7 Å². The van der Waals surface area contributed by atoms with Crippen molar-refractivity contribution in [2.45, 2.75) is 13.8 Å². The zero-order valence-electron chi connectivity index (χ0n) is 9.28. The molecule has 0 aromatic carbocycles. The van der Waals surface area contributed by atoms with E-state index in [2.05, 4.69) is 20.9 Å². The molecular weight excluding hydrogens is 274 g/mol. The van der Waals surface area contributed by atoms with Crippen LogP contribution in [-0.2, 0) is 4.79 Å². The van der Waals surface area contributed by atoms with Crippen molar-refractivity contribution >= 4 is 27.5 Å². The van der Waals surface area contributed by atoms with Gasteiger partial charge in [0.2, 0.25) is 0 Å². The summed E-state index contributed by atoms with van der Waals surface area (Å²) in [6.45, 7) is 2.94. The lowest BCUT2D eigenvalue weighted by molar-refractivity contribution is -0.118. The van der Waals surface area contributed by atoms with Gasteiger partial charge in [-0.05, 0) is 41.9 Å². The van der Waals surface area contributed by atoms with Crippen LogP contribution >= 0.6 is 15.9 Å². The van der Waals surface area contributed by atoms with Crippen LogP contribution in [0, 0.1) is 5.92 Å². The summed E-state index contributed by atoms with van der Waals surface area (Å²) < 4.78 is 5.57. The highest BCUT2D eigenvalue weighted by molar-refractivity contribution is 9.10. The third-order valence-corrected chi connectivity index (χ3v) is 2.72. The molecule has 1 unspecified atom stereocenters. The van der Waals surface area contributed by atoms with Crippen molar-refractivity contribution in [2.24, 2.45) is 5.92 Å². The van der Waals surface area contributed by atoms with E-state index in [0.717, 1.165) is 0 Å². The number of halogens is 1. The number of ether oxygens (including phenoxy) is 1. The van der Waals surface area contributed by atoms with E-state index in [1.165, 1.54) is 14.0 Å². The number of aromatic nitrogens is 1. The number of rotatable bonds is 4. The third kappa shape index (κ3) is 2.66. The SMILES string of the molecule is COc1ccc(Br)nc1C(=O)C(C)C(C)=O. The summed E-state index contributed by atoms with van der Waals surface area (Å²) >= 11 is 3.18. The fourth-order valence-corrected chi connectivity index (χ4v) is 1.46. The van der Waals surface area contributed by atoms with Crippen LogP contribution in [0.4, 0.5) is 0 Å². The second-order valence-corrected chi connectivity index (χ2v) is 4.19. The van der Waals surface area contributed by atoms with Crippen LogP contribution < -0.4 is 4.74 Å². The van der Waals surface area contributed by atoms with E-state index in [-0.39, 0.29) is 17.3 Å². The fourth-order valence-electron chi connectivity index (χ4n) is 1.15. The van der Waals surface area contributed by atoms with Crippen molar-refractivity contribution in [1.29, 1.82) is 0 Å². The average Bonchev–Trinajstić information content (AvgIpc) is 2.26. The van der Waals surface area contributed by atoms with Crippen molar-refractivity contribution in [3.8, 4) is 5.75 Å². The molecule has 1 atom stereocenters. The van der Waals surface area contributed by atoms with E-state index in [1.54, 1.807) is 19.1 Å². The van der Waals surface area contributed by atoms with Crippen LogP contribution in [0.2, 0.25) is 0 Å². The normalized spacial score (nSPS) is 12.0. The minimum atomic E-state index is -0.698. The smallest absolute Gasteiger partial charge is 0.195 e. The van der Waals surface area contributed by atoms with Gasteiger partial charge in [0.15, 0.2) is 5.78 Å². The Balaban J connectivity index is 3.16. The minimum absolute atomic E-state index is 0.180.